The molecule has 0 aliphatic rings. The minimum atomic E-state index is -1.08. The number of carboxylic acids is 1. The van der Waals surface area contributed by atoms with Crippen LogP contribution in [-0.2, 0) is 9.59 Å². The van der Waals surface area contributed by atoms with Crippen LogP contribution >= 0.6 is 0 Å². The molecule has 0 fully saturated rings. The lowest BCUT2D eigenvalue weighted by Crippen LogP contribution is -2.34. The number of nitrogens with one attached hydrogen (secondary N) is 1. The molecule has 17 heavy (non-hydrogen) atoms. The molecule has 8 N–H and O–H groups in total. The molecule has 98 valence electrons. The summed E-state index contributed by atoms with van der Waals surface area (Å²) in [6.45, 7) is 0.0757. The Labute approximate surface area is 99.2 Å². The van der Waals surface area contributed by atoms with Crippen molar-refractivity contribution in [2.24, 2.45) is 22.2 Å². The van der Waals surface area contributed by atoms with Gasteiger partial charge in [-0.2, -0.15) is 0 Å². The number of carbonyl (C=O) groups excluding carboxylic acids is 1. The molecule has 0 heterocycles. The Morgan fingerprint density at radius 3 is 2.53 bits per heavy atom. The van der Waals surface area contributed by atoms with Gasteiger partial charge in [-0.05, 0) is 12.8 Å². The van der Waals surface area contributed by atoms with Crippen LogP contribution in [0.25, 0.3) is 0 Å². The molecular weight excluding hydrogens is 226 g/mol. The first kappa shape index (κ1) is 15.2. The molecule has 0 spiro atoms. The van der Waals surface area contributed by atoms with Gasteiger partial charge in [0, 0.05) is 19.0 Å². The smallest absolute Gasteiger partial charge is 0.322 e. The average Bonchev–Trinajstić information content (AvgIpc) is 2.21. The third kappa shape index (κ3) is 10.5. The standard InChI is InChI=1S/C9H19N5O3/c10-6(2-1-3-13-9(11)12)4-7(15)14-5-8(16)17/h6H,1-5,10H2,(H,14,15)(H,16,17)(H4,11,12,13)/t6-/m0/s1. The lowest BCUT2D eigenvalue weighted by atomic mass is 10.1. The van der Waals surface area contributed by atoms with Gasteiger partial charge in [0.2, 0.25) is 5.91 Å². The highest BCUT2D eigenvalue weighted by atomic mass is 16.4. The van der Waals surface area contributed by atoms with Crippen molar-refractivity contribution in [2.75, 3.05) is 13.1 Å². The summed E-state index contributed by atoms with van der Waals surface area (Å²) in [6.07, 6.45) is 1.36. The monoisotopic (exact) mass is 245 g/mol. The fourth-order valence-corrected chi connectivity index (χ4v) is 1.15. The molecule has 0 rings (SSSR count). The topological polar surface area (TPSA) is 157 Å². The summed E-state index contributed by atoms with van der Waals surface area (Å²) >= 11 is 0. The third-order valence-corrected chi connectivity index (χ3v) is 1.91. The van der Waals surface area contributed by atoms with Gasteiger partial charge in [0.1, 0.15) is 6.54 Å². The number of aliphatic imine (C=N–C) groups is 1. The minimum Gasteiger partial charge on any atom is -0.480 e. The highest BCUT2D eigenvalue weighted by molar-refractivity contribution is 5.81. The summed E-state index contributed by atoms with van der Waals surface area (Å²) in [5.41, 5.74) is 15.9. The molecule has 1 atom stereocenters. The molecule has 0 aliphatic heterocycles. The summed E-state index contributed by atoms with van der Waals surface area (Å²) in [5.74, 6) is -1.43. The van der Waals surface area contributed by atoms with Crippen LogP contribution in [0.4, 0.5) is 0 Å². The molecule has 0 aromatic heterocycles. The molecule has 0 aliphatic carbocycles. The molecule has 8 nitrogen and oxygen atoms in total. The third-order valence-electron chi connectivity index (χ3n) is 1.91. The summed E-state index contributed by atoms with van der Waals surface area (Å²) in [6, 6.07) is -0.321. The van der Waals surface area contributed by atoms with Crippen LogP contribution in [0.1, 0.15) is 19.3 Å². The number of hydrogen-bond acceptors (Lipinski definition) is 4. The van der Waals surface area contributed by atoms with Gasteiger partial charge in [0.15, 0.2) is 5.96 Å². The van der Waals surface area contributed by atoms with E-state index in [4.69, 9.17) is 22.3 Å². The lowest BCUT2D eigenvalue weighted by molar-refractivity contribution is -0.138. The average molecular weight is 245 g/mol. The van der Waals surface area contributed by atoms with Crippen molar-refractivity contribution >= 4 is 17.8 Å². The number of guanidine groups is 1. The molecule has 0 aromatic rings. The highest BCUT2D eigenvalue weighted by Crippen LogP contribution is 1.99. The van der Waals surface area contributed by atoms with Gasteiger partial charge in [-0.25, -0.2) is 0 Å². The summed E-state index contributed by atoms with van der Waals surface area (Å²) in [5, 5.41) is 10.6. The number of amides is 1. The van der Waals surface area contributed by atoms with E-state index in [2.05, 4.69) is 10.3 Å². The van der Waals surface area contributed by atoms with E-state index >= 15 is 0 Å². The molecule has 0 saturated heterocycles. The number of carbonyl (C=O) groups is 2. The van der Waals surface area contributed by atoms with Crippen molar-refractivity contribution in [1.29, 1.82) is 0 Å². The maximum absolute atomic E-state index is 11.2. The molecule has 0 aromatic carbocycles. The molecule has 0 radical (unpaired) electrons. The van der Waals surface area contributed by atoms with Gasteiger partial charge >= 0.3 is 5.97 Å². The van der Waals surface area contributed by atoms with Crippen LogP contribution in [0.2, 0.25) is 0 Å². The van der Waals surface area contributed by atoms with Gasteiger partial charge in [0.05, 0.1) is 0 Å². The summed E-state index contributed by atoms with van der Waals surface area (Å²) in [4.78, 5) is 25.1. The maximum atomic E-state index is 11.2. The quantitative estimate of drug-likeness (QED) is 0.188. The van der Waals surface area contributed by atoms with E-state index in [0.29, 0.717) is 19.4 Å². The van der Waals surface area contributed by atoms with Crippen molar-refractivity contribution in [3.63, 3.8) is 0 Å². The van der Waals surface area contributed by atoms with Crippen LogP contribution in [0, 0.1) is 0 Å². The second-order valence-corrected chi connectivity index (χ2v) is 3.58. The normalized spacial score (nSPS) is 11.6. The zero-order valence-electron chi connectivity index (χ0n) is 9.56. The second-order valence-electron chi connectivity index (χ2n) is 3.58. The summed E-state index contributed by atoms with van der Waals surface area (Å²) < 4.78 is 0. The largest absolute Gasteiger partial charge is 0.480 e. The van der Waals surface area contributed by atoms with E-state index in [-0.39, 0.29) is 30.9 Å². The lowest BCUT2D eigenvalue weighted by Gasteiger charge is -2.10. The van der Waals surface area contributed by atoms with Gasteiger partial charge in [-0.1, -0.05) is 0 Å². The predicted octanol–water partition coefficient (Wildman–Crippen LogP) is -2.04. The number of nitrogens with zero attached hydrogens (tertiary/aromatic N) is 1. The Kier molecular flexibility index (Phi) is 7.44. The van der Waals surface area contributed by atoms with Gasteiger partial charge in [0.25, 0.3) is 0 Å². The fraction of sp³-hybridized carbons (Fsp3) is 0.667. The number of nitrogens with two attached hydrogens (primary N) is 3. The Bertz CT molecular complexity index is 288. The fourth-order valence-electron chi connectivity index (χ4n) is 1.15. The van der Waals surface area contributed by atoms with Crippen LogP contribution in [-0.4, -0.2) is 42.1 Å². The zero-order valence-corrected chi connectivity index (χ0v) is 9.56. The van der Waals surface area contributed by atoms with E-state index < -0.39 is 5.97 Å². The first-order valence-corrected chi connectivity index (χ1v) is 5.21. The van der Waals surface area contributed by atoms with Crippen molar-refractivity contribution < 1.29 is 14.7 Å². The van der Waals surface area contributed by atoms with E-state index in [1.54, 1.807) is 0 Å². The predicted molar refractivity (Wildman–Crippen MR) is 63.1 cm³/mol. The molecular formula is C9H19N5O3. The van der Waals surface area contributed by atoms with E-state index in [1.165, 1.54) is 0 Å². The van der Waals surface area contributed by atoms with Crippen molar-refractivity contribution in [1.82, 2.24) is 5.32 Å². The second kappa shape index (κ2) is 8.34. The Morgan fingerprint density at radius 1 is 1.35 bits per heavy atom. The molecule has 1 amide bonds. The van der Waals surface area contributed by atoms with Gasteiger partial charge in [-0.15, -0.1) is 0 Å². The number of rotatable bonds is 8. The van der Waals surface area contributed by atoms with E-state index in [9.17, 15) is 9.59 Å². The van der Waals surface area contributed by atoms with Crippen LogP contribution in [0.3, 0.4) is 0 Å². The van der Waals surface area contributed by atoms with Crippen molar-refractivity contribution in [2.45, 2.75) is 25.3 Å². The van der Waals surface area contributed by atoms with Crippen LogP contribution < -0.4 is 22.5 Å². The van der Waals surface area contributed by atoms with Gasteiger partial charge < -0.3 is 27.6 Å². The van der Waals surface area contributed by atoms with Crippen molar-refractivity contribution in [3.8, 4) is 0 Å². The molecule has 0 saturated carbocycles. The first-order valence-electron chi connectivity index (χ1n) is 5.21. The maximum Gasteiger partial charge on any atom is 0.322 e. The number of aliphatic carboxylic acids is 1. The van der Waals surface area contributed by atoms with Crippen LogP contribution in [0.15, 0.2) is 4.99 Å². The van der Waals surface area contributed by atoms with E-state index in [0.717, 1.165) is 0 Å². The zero-order chi connectivity index (χ0) is 13.3. The number of hydrogen-bond donors (Lipinski definition) is 5. The first-order chi connectivity index (χ1) is 7.91. The Hall–Kier alpha value is -1.83. The Balaban J connectivity index is 3.64. The summed E-state index contributed by atoms with van der Waals surface area (Å²) in [7, 11) is 0. The van der Waals surface area contributed by atoms with E-state index in [1.807, 2.05) is 0 Å². The number of carboxylic acid groups (broad SMARTS) is 1. The molecule has 8 heteroatoms. The molecule has 0 unspecified atom stereocenters. The highest BCUT2D eigenvalue weighted by Gasteiger charge is 2.09. The SMILES string of the molecule is NC(N)=NCCC[C@H](N)CC(=O)NCC(=O)O. The molecule has 0 bridgehead atoms. The van der Waals surface area contributed by atoms with Crippen LogP contribution in [0.5, 0.6) is 0 Å². The Morgan fingerprint density at radius 2 is 2.00 bits per heavy atom. The van der Waals surface area contributed by atoms with Crippen molar-refractivity contribution in [3.05, 3.63) is 0 Å². The minimum absolute atomic E-state index is 0.0257. The van der Waals surface area contributed by atoms with Gasteiger partial charge in [-0.3, -0.25) is 14.6 Å².